The minimum Gasteiger partial charge on any atom is -0.492 e. The summed E-state index contributed by atoms with van der Waals surface area (Å²) in [7, 11) is 0. The molecule has 106 valence electrons. The Bertz CT molecular complexity index is 531. The summed E-state index contributed by atoms with van der Waals surface area (Å²) in [5.74, 6) is 0.742. The minimum absolute atomic E-state index is 0.276. The van der Waals surface area contributed by atoms with Gasteiger partial charge in [0.05, 0.1) is 6.61 Å². The molecule has 1 N–H and O–H groups in total. The minimum atomic E-state index is -0.360. The average molecular weight is 275 g/mol. The summed E-state index contributed by atoms with van der Waals surface area (Å²) < 4.78 is 24.3. The van der Waals surface area contributed by atoms with E-state index in [0.717, 1.165) is 5.75 Å². The molecule has 0 saturated heterocycles. The van der Waals surface area contributed by atoms with E-state index in [4.69, 9.17) is 9.47 Å². The van der Waals surface area contributed by atoms with E-state index in [0.29, 0.717) is 25.4 Å². The Morgan fingerprint density at radius 1 is 1.05 bits per heavy atom. The molecule has 0 aliphatic rings. The van der Waals surface area contributed by atoms with Gasteiger partial charge in [-0.15, -0.1) is 0 Å². The van der Waals surface area contributed by atoms with Crippen LogP contribution in [0.15, 0.2) is 48.5 Å². The topological polar surface area (TPSA) is 30.5 Å². The molecule has 4 heteroatoms. The van der Waals surface area contributed by atoms with Crippen molar-refractivity contribution in [3.05, 3.63) is 54.3 Å². The Morgan fingerprint density at radius 2 is 1.85 bits per heavy atom. The molecule has 0 aliphatic heterocycles. The maximum Gasteiger partial charge on any atom is 0.167 e. The summed E-state index contributed by atoms with van der Waals surface area (Å²) in [4.78, 5) is 0. The summed E-state index contributed by atoms with van der Waals surface area (Å²) in [6.45, 7) is 3.39. The second-order valence-corrected chi connectivity index (χ2v) is 4.17. The predicted octanol–water partition coefficient (Wildman–Crippen LogP) is 3.72. The molecule has 2 aromatic rings. The van der Waals surface area contributed by atoms with Crippen molar-refractivity contribution in [2.24, 2.45) is 0 Å². The Labute approximate surface area is 118 Å². The third-order valence-corrected chi connectivity index (χ3v) is 2.67. The van der Waals surface area contributed by atoms with Crippen molar-refractivity contribution in [1.82, 2.24) is 0 Å². The summed E-state index contributed by atoms with van der Waals surface area (Å²) in [5, 5.41) is 3.10. The van der Waals surface area contributed by atoms with Crippen LogP contribution in [0.4, 0.5) is 10.1 Å². The van der Waals surface area contributed by atoms with Crippen molar-refractivity contribution in [3.63, 3.8) is 0 Å². The van der Waals surface area contributed by atoms with Crippen molar-refractivity contribution >= 4 is 5.69 Å². The van der Waals surface area contributed by atoms with E-state index in [2.05, 4.69) is 5.32 Å². The third kappa shape index (κ3) is 4.16. The zero-order valence-electron chi connectivity index (χ0n) is 11.4. The van der Waals surface area contributed by atoms with Gasteiger partial charge in [-0.1, -0.05) is 18.2 Å². The first-order chi connectivity index (χ1) is 9.79. The zero-order valence-corrected chi connectivity index (χ0v) is 11.4. The lowest BCUT2D eigenvalue weighted by atomic mass is 10.3. The number of benzene rings is 2. The van der Waals surface area contributed by atoms with E-state index in [9.17, 15) is 4.39 Å². The molecule has 2 aromatic carbocycles. The van der Waals surface area contributed by atoms with Gasteiger partial charge in [0.2, 0.25) is 0 Å². The highest BCUT2D eigenvalue weighted by atomic mass is 19.1. The quantitative estimate of drug-likeness (QED) is 0.781. The van der Waals surface area contributed by atoms with E-state index < -0.39 is 0 Å². The molecule has 0 saturated carbocycles. The van der Waals surface area contributed by atoms with Crippen molar-refractivity contribution in [3.8, 4) is 11.5 Å². The number of rotatable bonds is 7. The van der Waals surface area contributed by atoms with Crippen LogP contribution in [0.5, 0.6) is 11.5 Å². The molecule has 3 nitrogen and oxygen atoms in total. The molecule has 2 rings (SSSR count). The Hall–Kier alpha value is -2.23. The Kier molecular flexibility index (Phi) is 5.24. The normalized spacial score (nSPS) is 10.1. The van der Waals surface area contributed by atoms with E-state index in [1.165, 1.54) is 6.07 Å². The Morgan fingerprint density at radius 3 is 2.55 bits per heavy atom. The molecule has 0 amide bonds. The zero-order chi connectivity index (χ0) is 14.2. The largest absolute Gasteiger partial charge is 0.492 e. The molecule has 0 spiro atoms. The van der Waals surface area contributed by atoms with E-state index in [-0.39, 0.29) is 11.6 Å². The van der Waals surface area contributed by atoms with Crippen LogP contribution in [0.2, 0.25) is 0 Å². The van der Waals surface area contributed by atoms with Crippen molar-refractivity contribution in [2.75, 3.05) is 25.1 Å². The Balaban J connectivity index is 1.78. The lowest BCUT2D eigenvalue weighted by Crippen LogP contribution is -2.11. The molecule has 0 radical (unpaired) electrons. The van der Waals surface area contributed by atoms with Gasteiger partial charge >= 0.3 is 0 Å². The van der Waals surface area contributed by atoms with Crippen LogP contribution in [0.3, 0.4) is 0 Å². The van der Waals surface area contributed by atoms with Gasteiger partial charge in [-0.25, -0.2) is 4.39 Å². The number of anilines is 1. The highest BCUT2D eigenvalue weighted by Gasteiger charge is 2.03. The molecule has 0 aliphatic carbocycles. The fraction of sp³-hybridized carbons (Fsp3) is 0.250. The second kappa shape index (κ2) is 7.38. The van der Waals surface area contributed by atoms with Crippen molar-refractivity contribution in [2.45, 2.75) is 6.92 Å². The van der Waals surface area contributed by atoms with Crippen LogP contribution < -0.4 is 14.8 Å². The first-order valence-electron chi connectivity index (χ1n) is 6.63. The number of halogens is 1. The van der Waals surface area contributed by atoms with Crippen molar-refractivity contribution in [1.29, 1.82) is 0 Å². The summed E-state index contributed by atoms with van der Waals surface area (Å²) in [5.41, 5.74) is 0.711. The van der Waals surface area contributed by atoms with Crippen molar-refractivity contribution < 1.29 is 13.9 Å². The molecule has 0 bridgehead atoms. The van der Waals surface area contributed by atoms with Gasteiger partial charge in [-0.3, -0.25) is 0 Å². The van der Waals surface area contributed by atoms with Crippen LogP contribution in [0.1, 0.15) is 6.92 Å². The van der Waals surface area contributed by atoms with E-state index in [1.807, 2.05) is 37.3 Å². The maximum absolute atomic E-state index is 13.6. The molecule has 0 unspecified atom stereocenters. The fourth-order valence-corrected chi connectivity index (χ4v) is 1.76. The standard InChI is InChI=1S/C16H18FNO2/c1-2-19-16-9-8-13(12-15(16)17)18-10-11-20-14-6-4-3-5-7-14/h3-9,12,18H,2,10-11H2,1H3. The van der Waals surface area contributed by atoms with Gasteiger partial charge in [0, 0.05) is 18.3 Å². The first kappa shape index (κ1) is 14.2. The van der Waals surface area contributed by atoms with E-state index in [1.54, 1.807) is 12.1 Å². The number of hydrogen-bond donors (Lipinski definition) is 1. The number of nitrogens with one attached hydrogen (secondary N) is 1. The molecular weight excluding hydrogens is 257 g/mol. The lowest BCUT2D eigenvalue weighted by Gasteiger charge is -2.10. The summed E-state index contributed by atoms with van der Waals surface area (Å²) >= 11 is 0. The molecule has 20 heavy (non-hydrogen) atoms. The first-order valence-corrected chi connectivity index (χ1v) is 6.63. The molecule has 0 aromatic heterocycles. The van der Waals surface area contributed by atoms with Crippen LogP contribution in [-0.4, -0.2) is 19.8 Å². The highest BCUT2D eigenvalue weighted by molar-refractivity contribution is 5.47. The van der Waals surface area contributed by atoms with Crippen LogP contribution in [-0.2, 0) is 0 Å². The smallest absolute Gasteiger partial charge is 0.167 e. The summed E-state index contributed by atoms with van der Waals surface area (Å²) in [6, 6.07) is 14.4. The molecule has 0 atom stereocenters. The number of ether oxygens (including phenoxy) is 2. The van der Waals surface area contributed by atoms with Crippen LogP contribution >= 0.6 is 0 Å². The molecule has 0 fully saturated rings. The van der Waals surface area contributed by atoms with Crippen LogP contribution in [0, 0.1) is 5.82 Å². The lowest BCUT2D eigenvalue weighted by molar-refractivity contribution is 0.321. The van der Waals surface area contributed by atoms with Gasteiger partial charge in [0.15, 0.2) is 11.6 Å². The van der Waals surface area contributed by atoms with Crippen LogP contribution in [0.25, 0.3) is 0 Å². The fourth-order valence-electron chi connectivity index (χ4n) is 1.76. The highest BCUT2D eigenvalue weighted by Crippen LogP contribution is 2.20. The number of hydrogen-bond acceptors (Lipinski definition) is 3. The predicted molar refractivity (Wildman–Crippen MR) is 78.0 cm³/mol. The van der Waals surface area contributed by atoms with Gasteiger partial charge in [0.25, 0.3) is 0 Å². The van der Waals surface area contributed by atoms with Gasteiger partial charge < -0.3 is 14.8 Å². The summed E-state index contributed by atoms with van der Waals surface area (Å²) in [6.07, 6.45) is 0. The monoisotopic (exact) mass is 275 g/mol. The van der Waals surface area contributed by atoms with E-state index >= 15 is 0 Å². The average Bonchev–Trinajstić information content (AvgIpc) is 2.48. The maximum atomic E-state index is 13.6. The second-order valence-electron chi connectivity index (χ2n) is 4.17. The third-order valence-electron chi connectivity index (χ3n) is 2.67. The molecular formula is C16H18FNO2. The molecule has 0 heterocycles. The SMILES string of the molecule is CCOc1ccc(NCCOc2ccccc2)cc1F. The van der Waals surface area contributed by atoms with Gasteiger partial charge in [0.1, 0.15) is 12.4 Å². The number of para-hydroxylation sites is 1. The van der Waals surface area contributed by atoms with Gasteiger partial charge in [-0.05, 0) is 31.2 Å². The van der Waals surface area contributed by atoms with Gasteiger partial charge in [-0.2, -0.15) is 0 Å².